The molecule has 0 spiro atoms. The zero-order valence-corrected chi connectivity index (χ0v) is 6.59. The second-order valence-electron chi connectivity index (χ2n) is 3.28. The van der Waals surface area contributed by atoms with Crippen LogP contribution in [0, 0.1) is 18.3 Å². The van der Waals surface area contributed by atoms with Crippen molar-refractivity contribution in [1.82, 2.24) is 5.32 Å². The lowest BCUT2D eigenvalue weighted by molar-refractivity contribution is -0.144. The molecule has 3 nitrogen and oxygen atoms in total. The van der Waals surface area contributed by atoms with Gasteiger partial charge in [0.05, 0.1) is 11.5 Å². The minimum Gasteiger partial charge on any atom is -0.390 e. The molecule has 0 bridgehead atoms. The van der Waals surface area contributed by atoms with Gasteiger partial charge in [0.25, 0.3) is 0 Å². The maximum Gasteiger partial charge on any atom is 0.230 e. The molecule has 1 fully saturated rings. The smallest absolute Gasteiger partial charge is 0.230 e. The Balaban J connectivity index is 2.73. The summed E-state index contributed by atoms with van der Waals surface area (Å²) < 4.78 is 0. The predicted octanol–water partition coefficient (Wildman–Crippen LogP) is -0.495. The summed E-state index contributed by atoms with van der Waals surface area (Å²) in [6, 6.07) is -0.303. The van der Waals surface area contributed by atoms with Gasteiger partial charge in [-0.1, -0.05) is 5.92 Å². The summed E-state index contributed by atoms with van der Waals surface area (Å²) >= 11 is 0. The Morgan fingerprint density at radius 2 is 2.27 bits per heavy atom. The van der Waals surface area contributed by atoms with Crippen LogP contribution in [-0.4, -0.2) is 22.7 Å². The van der Waals surface area contributed by atoms with E-state index in [1.807, 2.05) is 0 Å². The third-order valence-electron chi connectivity index (χ3n) is 1.85. The highest BCUT2D eigenvalue weighted by Crippen LogP contribution is 2.26. The molecule has 1 saturated heterocycles. The number of β-lactam (4-membered cyclic amide) rings is 1. The highest BCUT2D eigenvalue weighted by atomic mass is 16.3. The summed E-state index contributed by atoms with van der Waals surface area (Å²) in [5, 5.41) is 12.0. The monoisotopic (exact) mass is 153 g/mol. The predicted molar refractivity (Wildman–Crippen MR) is 40.6 cm³/mol. The van der Waals surface area contributed by atoms with Gasteiger partial charge < -0.3 is 10.4 Å². The van der Waals surface area contributed by atoms with Crippen molar-refractivity contribution in [3.63, 3.8) is 0 Å². The topological polar surface area (TPSA) is 49.3 Å². The Kier molecular flexibility index (Phi) is 1.65. The lowest BCUT2D eigenvalue weighted by atomic mass is 9.78. The van der Waals surface area contributed by atoms with Gasteiger partial charge in [0, 0.05) is 0 Å². The Labute approximate surface area is 65.8 Å². The molecule has 0 aromatic carbocycles. The molecule has 0 aromatic heterocycles. The summed E-state index contributed by atoms with van der Waals surface area (Å²) in [4.78, 5) is 10.9. The Morgan fingerprint density at radius 3 is 2.45 bits per heavy atom. The van der Waals surface area contributed by atoms with Crippen molar-refractivity contribution in [3.8, 4) is 12.3 Å². The fraction of sp³-hybridized carbons (Fsp3) is 0.625. The number of hydrogen-bond donors (Lipinski definition) is 2. The van der Waals surface area contributed by atoms with Crippen molar-refractivity contribution < 1.29 is 9.90 Å². The van der Waals surface area contributed by atoms with Crippen molar-refractivity contribution in [2.24, 2.45) is 5.92 Å². The minimum absolute atomic E-state index is 0.166. The molecule has 0 aliphatic carbocycles. The van der Waals surface area contributed by atoms with Crippen molar-refractivity contribution in [3.05, 3.63) is 0 Å². The molecule has 0 unspecified atom stereocenters. The molecule has 1 heterocycles. The van der Waals surface area contributed by atoms with E-state index in [1.54, 1.807) is 13.8 Å². The number of hydrogen-bond acceptors (Lipinski definition) is 2. The van der Waals surface area contributed by atoms with Gasteiger partial charge in [-0.15, -0.1) is 6.42 Å². The van der Waals surface area contributed by atoms with Gasteiger partial charge in [-0.05, 0) is 13.8 Å². The largest absolute Gasteiger partial charge is 0.390 e. The summed E-state index contributed by atoms with van der Waals surface area (Å²) in [7, 11) is 0. The Hall–Kier alpha value is -1.01. The van der Waals surface area contributed by atoms with Gasteiger partial charge in [-0.25, -0.2) is 0 Å². The fourth-order valence-electron chi connectivity index (χ4n) is 1.25. The number of aliphatic hydroxyl groups is 1. The van der Waals surface area contributed by atoms with Crippen LogP contribution < -0.4 is 5.32 Å². The van der Waals surface area contributed by atoms with Gasteiger partial charge in [0.1, 0.15) is 6.04 Å². The van der Waals surface area contributed by atoms with Gasteiger partial charge in [0.15, 0.2) is 0 Å². The van der Waals surface area contributed by atoms with Crippen molar-refractivity contribution >= 4 is 5.91 Å². The lowest BCUT2D eigenvalue weighted by Crippen LogP contribution is -2.64. The average Bonchev–Trinajstić information content (AvgIpc) is 1.77. The molecule has 1 rings (SSSR count). The number of rotatable bonds is 1. The van der Waals surface area contributed by atoms with Crippen LogP contribution >= 0.6 is 0 Å². The molecule has 3 heteroatoms. The highest BCUT2D eigenvalue weighted by Gasteiger charge is 2.47. The van der Waals surface area contributed by atoms with Gasteiger partial charge in [-0.2, -0.15) is 0 Å². The van der Waals surface area contributed by atoms with Gasteiger partial charge in [0.2, 0.25) is 5.91 Å². The first-order valence-corrected chi connectivity index (χ1v) is 3.45. The van der Waals surface area contributed by atoms with Crippen LogP contribution in [0.1, 0.15) is 13.8 Å². The van der Waals surface area contributed by atoms with Crippen LogP contribution in [0.25, 0.3) is 0 Å². The van der Waals surface area contributed by atoms with Crippen molar-refractivity contribution in [2.45, 2.75) is 25.5 Å². The molecule has 0 aromatic rings. The van der Waals surface area contributed by atoms with E-state index < -0.39 is 11.5 Å². The third kappa shape index (κ3) is 1.22. The Bertz CT molecular complexity index is 221. The summed E-state index contributed by atoms with van der Waals surface area (Å²) in [6.45, 7) is 3.17. The van der Waals surface area contributed by atoms with Crippen LogP contribution in [0.2, 0.25) is 0 Å². The van der Waals surface area contributed by atoms with Crippen molar-refractivity contribution in [2.75, 3.05) is 0 Å². The number of terminal acetylenes is 1. The second-order valence-corrected chi connectivity index (χ2v) is 3.28. The number of carbonyl (C=O) groups is 1. The first-order chi connectivity index (χ1) is 4.96. The summed E-state index contributed by atoms with van der Waals surface area (Å²) in [5.41, 5.74) is -1.01. The molecular formula is C8H11NO2. The summed E-state index contributed by atoms with van der Waals surface area (Å²) in [6.07, 6.45) is 5.11. The van der Waals surface area contributed by atoms with Crippen LogP contribution in [0.4, 0.5) is 0 Å². The molecule has 2 atom stereocenters. The molecule has 1 aliphatic heterocycles. The molecule has 60 valence electrons. The van der Waals surface area contributed by atoms with E-state index in [0.29, 0.717) is 0 Å². The maximum absolute atomic E-state index is 10.9. The first-order valence-electron chi connectivity index (χ1n) is 3.45. The zero-order valence-electron chi connectivity index (χ0n) is 6.59. The van der Waals surface area contributed by atoms with E-state index in [2.05, 4.69) is 11.2 Å². The number of amides is 1. The molecule has 2 N–H and O–H groups in total. The normalized spacial score (nSPS) is 30.2. The molecule has 1 amide bonds. The number of carbonyl (C=O) groups excluding carboxylic acids is 1. The van der Waals surface area contributed by atoms with E-state index in [9.17, 15) is 9.90 Å². The maximum atomic E-state index is 10.9. The van der Waals surface area contributed by atoms with E-state index in [0.717, 1.165) is 0 Å². The molecule has 0 radical (unpaired) electrons. The van der Waals surface area contributed by atoms with Gasteiger partial charge in [-0.3, -0.25) is 4.79 Å². The molecule has 0 saturated carbocycles. The van der Waals surface area contributed by atoms with Crippen LogP contribution in [-0.2, 0) is 4.79 Å². The first kappa shape index (κ1) is 8.09. The van der Waals surface area contributed by atoms with E-state index in [1.165, 1.54) is 0 Å². The SMILES string of the molecule is C#C[C@@H]1NC(=O)[C@H]1C(C)(C)O. The quantitative estimate of drug-likeness (QED) is 0.394. The van der Waals surface area contributed by atoms with Gasteiger partial charge >= 0.3 is 0 Å². The number of nitrogens with one attached hydrogen (secondary N) is 1. The molecule has 1 aliphatic rings. The minimum atomic E-state index is -1.01. The Morgan fingerprint density at radius 1 is 1.73 bits per heavy atom. The van der Waals surface area contributed by atoms with Crippen molar-refractivity contribution in [1.29, 1.82) is 0 Å². The van der Waals surface area contributed by atoms with Crippen LogP contribution in [0.15, 0.2) is 0 Å². The fourth-order valence-corrected chi connectivity index (χ4v) is 1.25. The molecular weight excluding hydrogens is 142 g/mol. The second kappa shape index (κ2) is 2.24. The summed E-state index contributed by atoms with van der Waals surface area (Å²) in [5.74, 6) is 1.78. The molecule has 11 heavy (non-hydrogen) atoms. The zero-order chi connectivity index (χ0) is 8.65. The lowest BCUT2D eigenvalue weighted by Gasteiger charge is -2.40. The highest BCUT2D eigenvalue weighted by molar-refractivity contribution is 5.88. The van der Waals surface area contributed by atoms with E-state index in [-0.39, 0.29) is 11.9 Å². The van der Waals surface area contributed by atoms with Crippen LogP contribution in [0.5, 0.6) is 0 Å². The van der Waals surface area contributed by atoms with Crippen LogP contribution in [0.3, 0.4) is 0 Å². The van der Waals surface area contributed by atoms with E-state index in [4.69, 9.17) is 6.42 Å². The average molecular weight is 153 g/mol. The van der Waals surface area contributed by atoms with E-state index >= 15 is 0 Å². The third-order valence-corrected chi connectivity index (χ3v) is 1.85. The standard InChI is InChI=1S/C8H11NO2/c1-4-5-6(7(10)9-5)8(2,3)11/h1,5-6,11H,2-3H3,(H,9,10)/t5-,6-/m0/s1.